The van der Waals surface area contributed by atoms with E-state index in [9.17, 15) is 0 Å². The summed E-state index contributed by atoms with van der Waals surface area (Å²) in [6, 6.07) is 5.63. The van der Waals surface area contributed by atoms with Crippen molar-refractivity contribution in [1.29, 1.82) is 0 Å². The third-order valence-corrected chi connectivity index (χ3v) is 5.23. The van der Waals surface area contributed by atoms with Gasteiger partial charge in [-0.2, -0.15) is 9.50 Å². The number of pyridine rings is 1. The second-order valence-corrected chi connectivity index (χ2v) is 7.46. The van der Waals surface area contributed by atoms with Crippen molar-refractivity contribution in [3.63, 3.8) is 0 Å². The van der Waals surface area contributed by atoms with Crippen molar-refractivity contribution in [2.45, 2.75) is 26.7 Å². The Hall–Kier alpha value is -3.49. The molecule has 29 heavy (non-hydrogen) atoms. The highest BCUT2D eigenvalue weighted by atomic mass is 15.4. The van der Waals surface area contributed by atoms with Gasteiger partial charge in [-0.25, -0.2) is 9.97 Å². The molecule has 0 N–H and O–H groups in total. The molecule has 5 rings (SSSR count). The summed E-state index contributed by atoms with van der Waals surface area (Å²) in [5.41, 5.74) is 3.07. The summed E-state index contributed by atoms with van der Waals surface area (Å²) in [4.78, 5) is 20.1. The number of hydrogen-bond acceptors (Lipinski definition) is 8. The van der Waals surface area contributed by atoms with Gasteiger partial charge in [0.1, 0.15) is 5.69 Å². The summed E-state index contributed by atoms with van der Waals surface area (Å²) >= 11 is 0. The smallest absolute Gasteiger partial charge is 0.272 e. The Morgan fingerprint density at radius 2 is 2.03 bits per heavy atom. The first-order chi connectivity index (χ1) is 14.2. The van der Waals surface area contributed by atoms with E-state index >= 15 is 0 Å². The molecule has 4 aromatic rings. The molecule has 4 aromatic heterocycles. The SMILES string of the molecule is Cc1c(-c2ccnc(N3CCCC(C)C3)n2)nnc2nc(-c3cccnc3)nn12. The zero-order valence-electron chi connectivity index (χ0n) is 16.4. The molecule has 0 amide bonds. The van der Waals surface area contributed by atoms with Gasteiger partial charge in [0.15, 0.2) is 5.82 Å². The van der Waals surface area contributed by atoms with E-state index in [4.69, 9.17) is 4.98 Å². The molecule has 1 atom stereocenters. The maximum Gasteiger partial charge on any atom is 0.272 e. The van der Waals surface area contributed by atoms with Crippen molar-refractivity contribution < 1.29 is 0 Å². The van der Waals surface area contributed by atoms with Gasteiger partial charge in [-0.3, -0.25) is 4.98 Å². The van der Waals surface area contributed by atoms with Crippen molar-refractivity contribution in [2.24, 2.45) is 5.92 Å². The van der Waals surface area contributed by atoms with Crippen LogP contribution in [-0.4, -0.2) is 52.8 Å². The summed E-state index contributed by atoms with van der Waals surface area (Å²) in [5, 5.41) is 13.3. The van der Waals surface area contributed by atoms with Crippen molar-refractivity contribution >= 4 is 11.7 Å². The van der Waals surface area contributed by atoms with Crippen LogP contribution >= 0.6 is 0 Å². The Kier molecular flexibility index (Phi) is 4.34. The molecule has 0 aliphatic carbocycles. The maximum atomic E-state index is 4.77. The second-order valence-electron chi connectivity index (χ2n) is 7.46. The average molecular weight is 387 g/mol. The summed E-state index contributed by atoms with van der Waals surface area (Å²) in [6.07, 6.45) is 7.65. The molecule has 9 nitrogen and oxygen atoms in total. The number of anilines is 1. The van der Waals surface area contributed by atoms with Crippen LogP contribution in [0.15, 0.2) is 36.8 Å². The minimum absolute atomic E-state index is 0.448. The van der Waals surface area contributed by atoms with Crippen LogP contribution < -0.4 is 4.90 Å². The molecular weight excluding hydrogens is 366 g/mol. The van der Waals surface area contributed by atoms with Crippen LogP contribution in [0.4, 0.5) is 5.95 Å². The first-order valence-corrected chi connectivity index (χ1v) is 9.78. The van der Waals surface area contributed by atoms with Crippen LogP contribution in [0.5, 0.6) is 0 Å². The predicted molar refractivity (Wildman–Crippen MR) is 108 cm³/mol. The van der Waals surface area contributed by atoms with E-state index in [2.05, 4.69) is 42.1 Å². The molecule has 1 aliphatic rings. The Morgan fingerprint density at radius 3 is 2.86 bits per heavy atom. The van der Waals surface area contributed by atoms with Gasteiger partial charge in [-0.05, 0) is 43.9 Å². The highest BCUT2D eigenvalue weighted by molar-refractivity contribution is 5.60. The molecule has 0 saturated carbocycles. The molecule has 146 valence electrons. The zero-order valence-corrected chi connectivity index (χ0v) is 16.4. The summed E-state index contributed by atoms with van der Waals surface area (Å²) in [7, 11) is 0. The normalized spacial score (nSPS) is 17.0. The topological polar surface area (TPSA) is 97.9 Å². The van der Waals surface area contributed by atoms with Crippen LogP contribution in [-0.2, 0) is 0 Å². The van der Waals surface area contributed by atoms with Gasteiger partial charge in [0, 0.05) is 37.2 Å². The average Bonchev–Trinajstić information content (AvgIpc) is 3.20. The van der Waals surface area contributed by atoms with Gasteiger partial charge in [0.2, 0.25) is 5.95 Å². The lowest BCUT2D eigenvalue weighted by Gasteiger charge is -2.30. The maximum absolute atomic E-state index is 4.77. The molecule has 0 radical (unpaired) electrons. The third kappa shape index (κ3) is 3.28. The van der Waals surface area contributed by atoms with Crippen molar-refractivity contribution in [3.8, 4) is 22.8 Å². The fraction of sp³-hybridized carbons (Fsp3) is 0.350. The molecule has 1 saturated heterocycles. The monoisotopic (exact) mass is 387 g/mol. The molecule has 1 fully saturated rings. The molecular formula is C20H21N9. The van der Waals surface area contributed by atoms with Gasteiger partial charge < -0.3 is 4.90 Å². The summed E-state index contributed by atoms with van der Waals surface area (Å²) in [6.45, 7) is 6.17. The first-order valence-electron chi connectivity index (χ1n) is 9.78. The fourth-order valence-electron chi connectivity index (χ4n) is 3.72. The number of rotatable bonds is 3. The first kappa shape index (κ1) is 17.6. The number of piperidine rings is 1. The largest absolute Gasteiger partial charge is 0.341 e. The standard InChI is InChI=1S/C20H21N9/c1-13-5-4-10-28(12-13)19-22-9-7-16(23-19)17-14(2)29-20(26-25-17)24-18(27-29)15-6-3-8-21-11-15/h3,6-9,11,13H,4-5,10,12H2,1-2H3. The summed E-state index contributed by atoms with van der Waals surface area (Å²) < 4.78 is 1.70. The lowest BCUT2D eigenvalue weighted by molar-refractivity contribution is 0.442. The van der Waals surface area contributed by atoms with Crippen LogP contribution in [0.3, 0.4) is 0 Å². The van der Waals surface area contributed by atoms with Crippen LogP contribution in [0.2, 0.25) is 0 Å². The van der Waals surface area contributed by atoms with E-state index in [1.807, 2.05) is 25.1 Å². The minimum atomic E-state index is 0.448. The number of aromatic nitrogens is 8. The van der Waals surface area contributed by atoms with E-state index < -0.39 is 0 Å². The lowest BCUT2D eigenvalue weighted by Crippen LogP contribution is -2.35. The Morgan fingerprint density at radius 1 is 1.10 bits per heavy atom. The van der Waals surface area contributed by atoms with Gasteiger partial charge in [-0.1, -0.05) is 6.92 Å². The minimum Gasteiger partial charge on any atom is -0.341 e. The van der Waals surface area contributed by atoms with E-state index in [-0.39, 0.29) is 0 Å². The van der Waals surface area contributed by atoms with Crippen molar-refractivity contribution in [2.75, 3.05) is 18.0 Å². The molecule has 0 bridgehead atoms. The van der Waals surface area contributed by atoms with E-state index in [0.717, 1.165) is 42.4 Å². The number of hydrogen-bond donors (Lipinski definition) is 0. The van der Waals surface area contributed by atoms with Crippen molar-refractivity contribution in [1.82, 2.24) is 39.7 Å². The van der Waals surface area contributed by atoms with Gasteiger partial charge in [0.05, 0.1) is 11.4 Å². The second kappa shape index (κ2) is 7.16. The molecule has 1 aliphatic heterocycles. The number of fused-ring (bicyclic) bond motifs is 1. The highest BCUT2D eigenvalue weighted by Gasteiger charge is 2.20. The molecule has 5 heterocycles. The Balaban J connectivity index is 1.54. The van der Waals surface area contributed by atoms with Gasteiger partial charge >= 0.3 is 0 Å². The summed E-state index contributed by atoms with van der Waals surface area (Å²) in [5.74, 6) is 2.41. The van der Waals surface area contributed by atoms with Crippen molar-refractivity contribution in [3.05, 3.63) is 42.5 Å². The fourth-order valence-corrected chi connectivity index (χ4v) is 3.72. The molecule has 0 aromatic carbocycles. The molecule has 1 unspecified atom stereocenters. The Bertz CT molecular complexity index is 1160. The predicted octanol–water partition coefficient (Wildman–Crippen LogP) is 2.58. The Labute approximate surface area is 167 Å². The quantitative estimate of drug-likeness (QED) is 0.529. The van der Waals surface area contributed by atoms with Gasteiger partial charge in [0.25, 0.3) is 5.78 Å². The molecule has 0 spiro atoms. The number of nitrogens with zero attached hydrogens (tertiary/aromatic N) is 9. The van der Waals surface area contributed by atoms with Crippen LogP contribution in [0, 0.1) is 12.8 Å². The van der Waals surface area contributed by atoms with Gasteiger partial charge in [-0.15, -0.1) is 15.3 Å². The lowest BCUT2D eigenvalue weighted by atomic mass is 10.0. The van der Waals surface area contributed by atoms with E-state index in [1.54, 1.807) is 23.1 Å². The van der Waals surface area contributed by atoms with E-state index in [0.29, 0.717) is 23.2 Å². The van der Waals surface area contributed by atoms with Crippen LogP contribution in [0.1, 0.15) is 25.5 Å². The third-order valence-electron chi connectivity index (χ3n) is 5.23. The molecule has 9 heteroatoms. The van der Waals surface area contributed by atoms with Crippen LogP contribution in [0.25, 0.3) is 28.6 Å². The van der Waals surface area contributed by atoms with E-state index in [1.165, 1.54) is 6.42 Å². The highest BCUT2D eigenvalue weighted by Crippen LogP contribution is 2.24. The number of aryl methyl sites for hydroxylation is 1. The zero-order chi connectivity index (χ0) is 19.8.